The van der Waals surface area contributed by atoms with Gasteiger partial charge in [-0.1, -0.05) is 25.4 Å². The Hall–Kier alpha value is -0.630. The van der Waals surface area contributed by atoms with Crippen LogP contribution in [0, 0.1) is 5.92 Å². The average Bonchev–Trinajstić information content (AvgIpc) is 2.38. The van der Waals surface area contributed by atoms with Crippen LogP contribution in [0.5, 0.6) is 0 Å². The van der Waals surface area contributed by atoms with Crippen LogP contribution in [0.15, 0.2) is 27.6 Å². The second kappa shape index (κ2) is 6.89. The van der Waals surface area contributed by atoms with Crippen molar-refractivity contribution in [3.63, 3.8) is 0 Å². The molecule has 0 amide bonds. The number of ether oxygens (including phenoxy) is 1. The zero-order valence-electron chi connectivity index (χ0n) is 11.2. The van der Waals surface area contributed by atoms with Crippen LogP contribution >= 0.6 is 27.5 Å². The highest BCUT2D eigenvalue weighted by atomic mass is 79.9. The summed E-state index contributed by atoms with van der Waals surface area (Å²) in [6.45, 7) is 3.45. The molecule has 5 nitrogen and oxygen atoms in total. The highest BCUT2D eigenvalue weighted by Crippen LogP contribution is 2.25. The Morgan fingerprint density at radius 3 is 2.45 bits per heavy atom. The van der Waals surface area contributed by atoms with Crippen LogP contribution in [-0.2, 0) is 19.6 Å². The quantitative estimate of drug-likeness (QED) is 0.792. The third kappa shape index (κ3) is 4.18. The van der Waals surface area contributed by atoms with E-state index in [9.17, 15) is 13.2 Å². The number of carbonyl (C=O) groups excluding carboxylic acids is 1. The van der Waals surface area contributed by atoms with Crippen molar-refractivity contribution in [2.24, 2.45) is 5.92 Å². The van der Waals surface area contributed by atoms with Crippen LogP contribution in [0.2, 0.25) is 5.02 Å². The first kappa shape index (κ1) is 17.4. The number of esters is 1. The first-order valence-corrected chi connectivity index (χ1v) is 8.39. The molecule has 1 aromatic carbocycles. The van der Waals surface area contributed by atoms with Crippen LogP contribution in [-0.4, -0.2) is 27.5 Å². The van der Waals surface area contributed by atoms with Crippen LogP contribution in [0.1, 0.15) is 13.8 Å². The Kier molecular flexibility index (Phi) is 6.00. The lowest BCUT2D eigenvalue weighted by atomic mass is 10.1. The molecule has 0 heterocycles. The summed E-state index contributed by atoms with van der Waals surface area (Å²) in [5.74, 6) is -0.871. The average molecular weight is 385 g/mol. The fourth-order valence-corrected chi connectivity index (χ4v) is 3.47. The van der Waals surface area contributed by atoms with Gasteiger partial charge in [0.2, 0.25) is 10.0 Å². The van der Waals surface area contributed by atoms with Gasteiger partial charge in [0.25, 0.3) is 0 Å². The van der Waals surface area contributed by atoms with E-state index in [-0.39, 0.29) is 10.8 Å². The number of rotatable bonds is 5. The third-order valence-corrected chi connectivity index (χ3v) is 5.26. The SMILES string of the molecule is COC(=O)C(NS(=O)(=O)c1ccc(Cl)c(Br)c1)C(C)C. The maximum absolute atomic E-state index is 12.2. The minimum Gasteiger partial charge on any atom is -0.468 e. The summed E-state index contributed by atoms with van der Waals surface area (Å²) in [5, 5.41) is 0.400. The molecule has 0 saturated carbocycles. The van der Waals surface area contributed by atoms with Gasteiger partial charge < -0.3 is 4.74 Å². The molecular formula is C12H15BrClNO4S. The molecule has 1 aromatic rings. The van der Waals surface area contributed by atoms with Gasteiger partial charge in [-0.3, -0.25) is 4.79 Å². The summed E-state index contributed by atoms with van der Waals surface area (Å²) in [4.78, 5) is 11.6. The number of methoxy groups -OCH3 is 1. The largest absolute Gasteiger partial charge is 0.468 e. The maximum Gasteiger partial charge on any atom is 0.324 e. The molecule has 8 heteroatoms. The molecule has 20 heavy (non-hydrogen) atoms. The summed E-state index contributed by atoms with van der Waals surface area (Å²) < 4.78 is 31.9. The molecule has 0 aliphatic rings. The Balaban J connectivity index is 3.09. The van der Waals surface area contributed by atoms with E-state index in [0.29, 0.717) is 9.50 Å². The van der Waals surface area contributed by atoms with Crippen molar-refractivity contribution < 1.29 is 17.9 Å². The number of nitrogens with one attached hydrogen (secondary N) is 1. The third-order valence-electron chi connectivity index (χ3n) is 2.61. The lowest BCUT2D eigenvalue weighted by Crippen LogP contribution is -2.44. The predicted molar refractivity (Wildman–Crippen MR) is 80.1 cm³/mol. The Morgan fingerprint density at radius 1 is 1.40 bits per heavy atom. The van der Waals surface area contributed by atoms with Crippen LogP contribution < -0.4 is 4.72 Å². The second-order valence-corrected chi connectivity index (χ2v) is 7.42. The van der Waals surface area contributed by atoms with E-state index in [1.54, 1.807) is 13.8 Å². The van der Waals surface area contributed by atoms with Gasteiger partial charge in [-0.05, 0) is 40.0 Å². The van der Waals surface area contributed by atoms with Crippen LogP contribution in [0.25, 0.3) is 0 Å². The lowest BCUT2D eigenvalue weighted by Gasteiger charge is -2.19. The molecule has 1 unspecified atom stereocenters. The minimum absolute atomic E-state index is 0.0170. The van der Waals surface area contributed by atoms with E-state index in [4.69, 9.17) is 11.6 Å². The number of hydrogen-bond donors (Lipinski definition) is 1. The van der Waals surface area contributed by atoms with Gasteiger partial charge in [0, 0.05) is 4.47 Å². The van der Waals surface area contributed by atoms with Gasteiger partial charge >= 0.3 is 5.97 Å². The van der Waals surface area contributed by atoms with E-state index in [0.717, 1.165) is 0 Å². The van der Waals surface area contributed by atoms with Crippen molar-refractivity contribution in [3.8, 4) is 0 Å². The molecule has 1 rings (SSSR count). The summed E-state index contributed by atoms with van der Waals surface area (Å²) in [6, 6.07) is 3.26. The molecule has 1 atom stereocenters. The summed E-state index contributed by atoms with van der Waals surface area (Å²) in [6.07, 6.45) is 0. The molecular weight excluding hydrogens is 370 g/mol. The smallest absolute Gasteiger partial charge is 0.324 e. The molecule has 112 valence electrons. The molecule has 0 saturated heterocycles. The van der Waals surface area contributed by atoms with E-state index < -0.39 is 22.0 Å². The first-order chi connectivity index (χ1) is 9.19. The second-order valence-electron chi connectivity index (χ2n) is 4.44. The van der Waals surface area contributed by atoms with E-state index in [1.807, 2.05) is 0 Å². The highest BCUT2D eigenvalue weighted by Gasteiger charge is 2.29. The fraction of sp³-hybridized carbons (Fsp3) is 0.417. The van der Waals surface area contributed by atoms with Crippen molar-refractivity contribution >= 4 is 43.5 Å². The van der Waals surface area contributed by atoms with Crippen LogP contribution in [0.3, 0.4) is 0 Å². The molecule has 0 aliphatic carbocycles. The summed E-state index contributed by atoms with van der Waals surface area (Å²) in [5.41, 5.74) is 0. The zero-order valence-corrected chi connectivity index (χ0v) is 14.3. The van der Waals surface area contributed by atoms with Gasteiger partial charge in [0.05, 0.1) is 17.0 Å². The topological polar surface area (TPSA) is 72.5 Å². The molecule has 0 aliphatic heterocycles. The number of halogens is 2. The van der Waals surface area contributed by atoms with Gasteiger partial charge in [-0.15, -0.1) is 0 Å². The number of hydrogen-bond acceptors (Lipinski definition) is 4. The zero-order chi connectivity index (χ0) is 15.5. The van der Waals surface area contributed by atoms with Crippen molar-refractivity contribution in [1.29, 1.82) is 0 Å². The molecule has 0 fully saturated rings. The van der Waals surface area contributed by atoms with E-state index in [1.165, 1.54) is 25.3 Å². The Labute approximate surface area is 131 Å². The van der Waals surface area contributed by atoms with Gasteiger partial charge in [0.15, 0.2) is 0 Å². The van der Waals surface area contributed by atoms with Crippen molar-refractivity contribution in [3.05, 3.63) is 27.7 Å². The Bertz CT molecular complexity index is 603. The van der Waals surface area contributed by atoms with E-state index >= 15 is 0 Å². The highest BCUT2D eigenvalue weighted by molar-refractivity contribution is 9.10. The van der Waals surface area contributed by atoms with Gasteiger partial charge in [0.1, 0.15) is 6.04 Å². The molecule has 0 radical (unpaired) electrons. The van der Waals surface area contributed by atoms with Crippen molar-refractivity contribution in [2.45, 2.75) is 24.8 Å². The van der Waals surface area contributed by atoms with Gasteiger partial charge in [-0.25, -0.2) is 8.42 Å². The van der Waals surface area contributed by atoms with Crippen molar-refractivity contribution in [2.75, 3.05) is 7.11 Å². The fourth-order valence-electron chi connectivity index (χ4n) is 1.46. The lowest BCUT2D eigenvalue weighted by molar-refractivity contribution is -0.143. The normalized spacial score (nSPS) is 13.3. The number of sulfonamides is 1. The molecule has 1 N–H and O–H groups in total. The number of carbonyl (C=O) groups is 1. The first-order valence-electron chi connectivity index (χ1n) is 5.74. The Morgan fingerprint density at radius 2 is 2.00 bits per heavy atom. The molecule has 0 aromatic heterocycles. The number of benzene rings is 1. The monoisotopic (exact) mass is 383 g/mol. The summed E-state index contributed by atoms with van der Waals surface area (Å²) in [7, 11) is -2.63. The van der Waals surface area contributed by atoms with Gasteiger partial charge in [-0.2, -0.15) is 4.72 Å². The predicted octanol–water partition coefficient (Wildman–Crippen LogP) is 2.58. The van der Waals surface area contributed by atoms with E-state index in [2.05, 4.69) is 25.4 Å². The minimum atomic E-state index is -3.84. The maximum atomic E-state index is 12.2. The molecule has 0 bridgehead atoms. The summed E-state index contributed by atoms with van der Waals surface area (Å²) >= 11 is 8.98. The molecule has 0 spiro atoms. The standard InChI is InChI=1S/C12H15BrClNO4S/c1-7(2)11(12(16)19-3)15-20(17,18)8-4-5-10(14)9(13)6-8/h4-7,11,15H,1-3H3. The van der Waals surface area contributed by atoms with Crippen molar-refractivity contribution in [1.82, 2.24) is 4.72 Å². The van der Waals surface area contributed by atoms with Crippen LogP contribution in [0.4, 0.5) is 0 Å².